The van der Waals surface area contributed by atoms with Gasteiger partial charge >= 0.3 is 0 Å². The maximum Gasteiger partial charge on any atom is 0.171 e. The molecule has 0 amide bonds. The molecule has 0 bridgehead atoms. The van der Waals surface area contributed by atoms with E-state index in [0.717, 1.165) is 16.6 Å². The number of hydrogen-bond acceptors (Lipinski definition) is 2. The molecule has 0 fully saturated rings. The predicted octanol–water partition coefficient (Wildman–Crippen LogP) is 4.31. The molecule has 0 N–H and O–H groups in total. The van der Waals surface area contributed by atoms with Crippen LogP contribution in [0.5, 0.6) is 11.5 Å². The fourth-order valence-electron chi connectivity index (χ4n) is 1.70. The predicted molar refractivity (Wildman–Crippen MR) is 76.4 cm³/mol. The average Bonchev–Trinajstić information content (AvgIpc) is 2.46. The topological polar surface area (TPSA) is 18.5 Å². The van der Waals surface area contributed by atoms with E-state index in [4.69, 9.17) is 9.47 Å². The summed E-state index contributed by atoms with van der Waals surface area (Å²) in [6.45, 7) is 0.175. The Morgan fingerprint density at radius 2 is 1.95 bits per heavy atom. The Kier molecular flexibility index (Phi) is 4.80. The SMILES string of the molecule is COc1cccc(COc2cccc(CBr)c2)c1F. The van der Waals surface area contributed by atoms with Crippen LogP contribution in [0.4, 0.5) is 4.39 Å². The van der Waals surface area contributed by atoms with Gasteiger partial charge in [-0.2, -0.15) is 0 Å². The Hall–Kier alpha value is -1.55. The third-order valence-electron chi connectivity index (χ3n) is 2.71. The number of halogens is 2. The van der Waals surface area contributed by atoms with Crippen molar-refractivity contribution in [2.75, 3.05) is 7.11 Å². The van der Waals surface area contributed by atoms with Crippen molar-refractivity contribution in [3.8, 4) is 11.5 Å². The van der Waals surface area contributed by atoms with Gasteiger partial charge in [0.2, 0.25) is 0 Å². The normalized spacial score (nSPS) is 10.3. The van der Waals surface area contributed by atoms with Gasteiger partial charge in [-0.15, -0.1) is 0 Å². The number of rotatable bonds is 5. The maximum atomic E-state index is 13.9. The molecule has 0 aliphatic rings. The lowest BCUT2D eigenvalue weighted by atomic mass is 10.2. The molecule has 0 saturated heterocycles. The van der Waals surface area contributed by atoms with Crippen molar-refractivity contribution in [1.82, 2.24) is 0 Å². The Morgan fingerprint density at radius 1 is 1.16 bits per heavy atom. The average molecular weight is 325 g/mol. The van der Waals surface area contributed by atoms with E-state index in [2.05, 4.69) is 15.9 Å². The van der Waals surface area contributed by atoms with E-state index in [-0.39, 0.29) is 18.2 Å². The molecule has 0 saturated carbocycles. The maximum absolute atomic E-state index is 13.9. The molecule has 2 aromatic rings. The van der Waals surface area contributed by atoms with Crippen LogP contribution in [0.3, 0.4) is 0 Å². The molecule has 0 atom stereocenters. The lowest BCUT2D eigenvalue weighted by molar-refractivity contribution is 0.295. The molecular formula is C15H14BrFO2. The van der Waals surface area contributed by atoms with Gasteiger partial charge in [-0.3, -0.25) is 0 Å². The zero-order chi connectivity index (χ0) is 13.7. The smallest absolute Gasteiger partial charge is 0.171 e. The lowest BCUT2D eigenvalue weighted by Crippen LogP contribution is -2.00. The van der Waals surface area contributed by atoms with Gasteiger partial charge in [-0.05, 0) is 23.8 Å². The molecule has 19 heavy (non-hydrogen) atoms. The quantitative estimate of drug-likeness (QED) is 0.763. The summed E-state index contributed by atoms with van der Waals surface area (Å²) < 4.78 is 24.4. The number of methoxy groups -OCH3 is 1. The number of ether oxygens (including phenoxy) is 2. The van der Waals surface area contributed by atoms with Gasteiger partial charge in [0.1, 0.15) is 12.4 Å². The van der Waals surface area contributed by atoms with Crippen LogP contribution < -0.4 is 9.47 Å². The lowest BCUT2D eigenvalue weighted by Gasteiger charge is -2.10. The van der Waals surface area contributed by atoms with E-state index in [1.54, 1.807) is 18.2 Å². The number of alkyl halides is 1. The third kappa shape index (κ3) is 3.47. The highest BCUT2D eigenvalue weighted by atomic mass is 79.9. The number of benzene rings is 2. The summed E-state index contributed by atoms with van der Waals surface area (Å²) >= 11 is 3.39. The van der Waals surface area contributed by atoms with Crippen molar-refractivity contribution in [2.24, 2.45) is 0 Å². The second-order valence-corrected chi connectivity index (χ2v) is 4.56. The van der Waals surface area contributed by atoms with Gasteiger partial charge in [0.25, 0.3) is 0 Å². The molecule has 0 aromatic heterocycles. The zero-order valence-electron chi connectivity index (χ0n) is 10.5. The highest BCUT2D eigenvalue weighted by Gasteiger charge is 2.08. The van der Waals surface area contributed by atoms with Crippen molar-refractivity contribution < 1.29 is 13.9 Å². The van der Waals surface area contributed by atoms with E-state index in [1.165, 1.54) is 7.11 Å². The van der Waals surface area contributed by atoms with Crippen LogP contribution >= 0.6 is 15.9 Å². The first kappa shape index (κ1) is 13.9. The second-order valence-electron chi connectivity index (χ2n) is 4.00. The van der Waals surface area contributed by atoms with E-state index in [0.29, 0.717) is 5.56 Å². The molecule has 2 rings (SSSR count). The van der Waals surface area contributed by atoms with Gasteiger partial charge in [0.05, 0.1) is 7.11 Å². The van der Waals surface area contributed by atoms with Gasteiger partial charge in [-0.25, -0.2) is 4.39 Å². The minimum Gasteiger partial charge on any atom is -0.494 e. The summed E-state index contributed by atoms with van der Waals surface area (Å²) in [5.74, 6) is 0.580. The Balaban J connectivity index is 2.10. The van der Waals surface area contributed by atoms with Crippen LogP contribution in [0.25, 0.3) is 0 Å². The summed E-state index contributed by atoms with van der Waals surface area (Å²) in [6, 6.07) is 12.7. The molecule has 0 unspecified atom stereocenters. The van der Waals surface area contributed by atoms with E-state index in [9.17, 15) is 4.39 Å². The first-order valence-electron chi connectivity index (χ1n) is 5.83. The summed E-state index contributed by atoms with van der Waals surface area (Å²) in [5.41, 5.74) is 1.59. The summed E-state index contributed by atoms with van der Waals surface area (Å²) in [6.07, 6.45) is 0. The fourth-order valence-corrected chi connectivity index (χ4v) is 2.05. The Morgan fingerprint density at radius 3 is 2.68 bits per heavy atom. The molecule has 0 spiro atoms. The molecule has 100 valence electrons. The van der Waals surface area contributed by atoms with E-state index < -0.39 is 0 Å². The zero-order valence-corrected chi connectivity index (χ0v) is 12.1. The minimum atomic E-state index is -0.373. The largest absolute Gasteiger partial charge is 0.494 e. The molecule has 0 aliphatic carbocycles. The van der Waals surface area contributed by atoms with Crippen molar-refractivity contribution in [3.05, 3.63) is 59.4 Å². The Labute approximate surface area is 120 Å². The molecule has 0 heterocycles. The van der Waals surface area contributed by atoms with E-state index >= 15 is 0 Å². The van der Waals surface area contributed by atoms with Crippen molar-refractivity contribution in [3.63, 3.8) is 0 Å². The molecule has 4 heteroatoms. The van der Waals surface area contributed by atoms with Crippen molar-refractivity contribution in [2.45, 2.75) is 11.9 Å². The molecular weight excluding hydrogens is 311 g/mol. The van der Waals surface area contributed by atoms with Crippen molar-refractivity contribution >= 4 is 15.9 Å². The first-order valence-corrected chi connectivity index (χ1v) is 6.96. The molecule has 0 aliphatic heterocycles. The summed E-state index contributed by atoms with van der Waals surface area (Å²) in [7, 11) is 1.45. The van der Waals surface area contributed by atoms with Crippen LogP contribution in [0.15, 0.2) is 42.5 Å². The van der Waals surface area contributed by atoms with Crippen LogP contribution in [-0.4, -0.2) is 7.11 Å². The van der Waals surface area contributed by atoms with Crippen LogP contribution in [-0.2, 0) is 11.9 Å². The summed E-state index contributed by atoms with van der Waals surface area (Å²) in [4.78, 5) is 0. The van der Waals surface area contributed by atoms with E-state index in [1.807, 2.05) is 24.3 Å². The Bertz CT molecular complexity index is 558. The fraction of sp³-hybridized carbons (Fsp3) is 0.200. The van der Waals surface area contributed by atoms with Crippen LogP contribution in [0.1, 0.15) is 11.1 Å². The van der Waals surface area contributed by atoms with Gasteiger partial charge in [0, 0.05) is 10.9 Å². The van der Waals surface area contributed by atoms with Gasteiger partial charge in [0.15, 0.2) is 11.6 Å². The first-order chi connectivity index (χ1) is 9.24. The summed E-state index contributed by atoms with van der Waals surface area (Å²) in [5, 5.41) is 0.762. The van der Waals surface area contributed by atoms with Gasteiger partial charge < -0.3 is 9.47 Å². The number of hydrogen-bond donors (Lipinski definition) is 0. The molecule has 0 radical (unpaired) electrons. The minimum absolute atomic E-state index is 0.175. The third-order valence-corrected chi connectivity index (χ3v) is 3.36. The highest BCUT2D eigenvalue weighted by molar-refractivity contribution is 9.08. The molecule has 2 aromatic carbocycles. The second kappa shape index (κ2) is 6.57. The van der Waals surface area contributed by atoms with Gasteiger partial charge in [-0.1, -0.05) is 40.2 Å². The van der Waals surface area contributed by atoms with Crippen LogP contribution in [0.2, 0.25) is 0 Å². The monoisotopic (exact) mass is 324 g/mol. The molecule has 2 nitrogen and oxygen atoms in total. The van der Waals surface area contributed by atoms with Crippen LogP contribution in [0, 0.1) is 5.82 Å². The standard InChI is InChI=1S/C15H14BrFO2/c1-18-14-7-3-5-12(15(14)17)10-19-13-6-2-4-11(8-13)9-16/h2-8H,9-10H2,1H3. The highest BCUT2D eigenvalue weighted by Crippen LogP contribution is 2.22. The van der Waals surface area contributed by atoms with Crippen molar-refractivity contribution in [1.29, 1.82) is 0 Å².